The Labute approximate surface area is 175 Å². The molecule has 2 N–H and O–H groups in total. The zero-order valence-corrected chi connectivity index (χ0v) is 17.6. The molecule has 3 rings (SSSR count). The van der Waals surface area contributed by atoms with E-state index < -0.39 is 28.0 Å². The number of aliphatic hydroxyl groups excluding tert-OH is 1. The van der Waals surface area contributed by atoms with E-state index in [-0.39, 0.29) is 29.9 Å². The Bertz CT molecular complexity index is 995. The smallest absolute Gasteiger partial charge is 0.261 e. The van der Waals surface area contributed by atoms with E-state index in [1.807, 2.05) is 13.8 Å². The van der Waals surface area contributed by atoms with Gasteiger partial charge in [0, 0.05) is 12.2 Å². The SMILES string of the molecule is CC(C)CN1C(=O)COC(c2ccc(NS(=O)(=O)c3cccc(F)c3)cc2)C1CO. The Morgan fingerprint density at radius 3 is 2.53 bits per heavy atom. The number of anilines is 1. The average molecular weight is 437 g/mol. The summed E-state index contributed by atoms with van der Waals surface area (Å²) in [6.07, 6.45) is -0.527. The lowest BCUT2D eigenvalue weighted by molar-refractivity contribution is -0.161. The molecular formula is C21H25FN2O5S. The van der Waals surface area contributed by atoms with Crippen LogP contribution in [-0.2, 0) is 19.6 Å². The van der Waals surface area contributed by atoms with Gasteiger partial charge in [-0.3, -0.25) is 9.52 Å². The van der Waals surface area contributed by atoms with E-state index >= 15 is 0 Å². The minimum Gasteiger partial charge on any atom is -0.394 e. The highest BCUT2D eigenvalue weighted by atomic mass is 32.2. The first-order chi connectivity index (χ1) is 14.2. The van der Waals surface area contributed by atoms with Crippen molar-refractivity contribution in [3.05, 3.63) is 59.9 Å². The molecule has 7 nitrogen and oxygen atoms in total. The van der Waals surface area contributed by atoms with Gasteiger partial charge in [0.1, 0.15) is 18.5 Å². The Hall–Kier alpha value is -2.49. The molecule has 9 heteroatoms. The van der Waals surface area contributed by atoms with Crippen LogP contribution < -0.4 is 4.72 Å². The molecule has 0 saturated carbocycles. The van der Waals surface area contributed by atoms with Gasteiger partial charge in [0.15, 0.2) is 0 Å². The predicted molar refractivity (Wildman–Crippen MR) is 110 cm³/mol. The molecule has 0 bridgehead atoms. The number of ether oxygens (including phenoxy) is 1. The molecule has 162 valence electrons. The van der Waals surface area contributed by atoms with Crippen LogP contribution in [0.5, 0.6) is 0 Å². The normalized spacial score (nSPS) is 19.9. The highest BCUT2D eigenvalue weighted by Crippen LogP contribution is 2.30. The summed E-state index contributed by atoms with van der Waals surface area (Å²) in [5, 5.41) is 9.88. The molecule has 0 aromatic heterocycles. The topological polar surface area (TPSA) is 95.9 Å². The number of hydrogen-bond acceptors (Lipinski definition) is 5. The lowest BCUT2D eigenvalue weighted by atomic mass is 9.98. The van der Waals surface area contributed by atoms with Crippen molar-refractivity contribution in [2.45, 2.75) is 30.9 Å². The Morgan fingerprint density at radius 2 is 1.93 bits per heavy atom. The zero-order valence-electron chi connectivity index (χ0n) is 16.8. The number of benzene rings is 2. The monoisotopic (exact) mass is 436 g/mol. The van der Waals surface area contributed by atoms with Crippen molar-refractivity contribution < 1.29 is 27.4 Å². The Balaban J connectivity index is 1.78. The van der Waals surface area contributed by atoms with Crippen LogP contribution in [-0.4, -0.2) is 50.1 Å². The molecule has 0 spiro atoms. The van der Waals surface area contributed by atoms with E-state index in [0.717, 1.165) is 6.07 Å². The van der Waals surface area contributed by atoms with Gasteiger partial charge >= 0.3 is 0 Å². The van der Waals surface area contributed by atoms with E-state index in [1.165, 1.54) is 18.2 Å². The lowest BCUT2D eigenvalue weighted by Gasteiger charge is -2.41. The van der Waals surface area contributed by atoms with Crippen molar-refractivity contribution >= 4 is 21.6 Å². The van der Waals surface area contributed by atoms with Crippen molar-refractivity contribution in [2.24, 2.45) is 5.92 Å². The van der Waals surface area contributed by atoms with Gasteiger partial charge in [-0.15, -0.1) is 0 Å². The number of amides is 1. The van der Waals surface area contributed by atoms with E-state index in [4.69, 9.17) is 4.74 Å². The van der Waals surface area contributed by atoms with Gasteiger partial charge in [-0.1, -0.05) is 32.0 Å². The number of carbonyl (C=O) groups is 1. The Kier molecular flexibility index (Phi) is 6.74. The fraction of sp³-hybridized carbons (Fsp3) is 0.381. The highest BCUT2D eigenvalue weighted by Gasteiger charge is 2.37. The maximum absolute atomic E-state index is 13.3. The van der Waals surface area contributed by atoms with E-state index in [2.05, 4.69) is 4.72 Å². The molecule has 1 aliphatic rings. The molecular weight excluding hydrogens is 411 g/mol. The van der Waals surface area contributed by atoms with E-state index in [0.29, 0.717) is 17.8 Å². The third-order valence-electron chi connectivity index (χ3n) is 4.80. The first kappa shape index (κ1) is 22.2. The standard InChI is InChI=1S/C21H25FN2O5S/c1-14(2)11-24-19(12-25)21(29-13-20(24)26)15-6-8-17(9-7-15)23-30(27,28)18-5-3-4-16(22)10-18/h3-10,14,19,21,23,25H,11-13H2,1-2H3. The van der Waals surface area contributed by atoms with Gasteiger partial charge in [-0.05, 0) is 41.8 Å². The third-order valence-corrected chi connectivity index (χ3v) is 6.18. The van der Waals surface area contributed by atoms with Gasteiger partial charge in [-0.25, -0.2) is 12.8 Å². The lowest BCUT2D eigenvalue weighted by Crippen LogP contribution is -2.53. The maximum Gasteiger partial charge on any atom is 0.261 e. The summed E-state index contributed by atoms with van der Waals surface area (Å²) >= 11 is 0. The van der Waals surface area contributed by atoms with Gasteiger partial charge in [0.25, 0.3) is 10.0 Å². The molecule has 2 aromatic rings. The maximum atomic E-state index is 13.3. The summed E-state index contributed by atoms with van der Waals surface area (Å²) in [7, 11) is -3.93. The number of rotatable bonds is 7. The van der Waals surface area contributed by atoms with Crippen molar-refractivity contribution in [2.75, 3.05) is 24.5 Å². The molecule has 0 aliphatic carbocycles. The zero-order chi connectivity index (χ0) is 21.9. The largest absolute Gasteiger partial charge is 0.394 e. The summed E-state index contributed by atoms with van der Waals surface area (Å²) in [5.74, 6) is -0.571. The fourth-order valence-corrected chi connectivity index (χ4v) is 4.53. The fourth-order valence-electron chi connectivity index (χ4n) is 3.44. The number of nitrogens with one attached hydrogen (secondary N) is 1. The number of carbonyl (C=O) groups excluding carboxylic acids is 1. The van der Waals surface area contributed by atoms with Crippen molar-refractivity contribution in [3.8, 4) is 0 Å². The molecule has 2 unspecified atom stereocenters. The molecule has 30 heavy (non-hydrogen) atoms. The van der Waals surface area contributed by atoms with Crippen molar-refractivity contribution in [3.63, 3.8) is 0 Å². The Morgan fingerprint density at radius 1 is 1.23 bits per heavy atom. The summed E-state index contributed by atoms with van der Waals surface area (Å²) in [6.45, 7) is 4.16. The summed E-state index contributed by atoms with van der Waals surface area (Å²) in [5.41, 5.74) is 1.01. The second kappa shape index (κ2) is 9.11. The van der Waals surface area contributed by atoms with Crippen molar-refractivity contribution in [1.82, 2.24) is 4.90 Å². The van der Waals surface area contributed by atoms with Crippen LogP contribution in [0.4, 0.5) is 10.1 Å². The number of aliphatic hydroxyl groups is 1. The number of halogens is 1. The quantitative estimate of drug-likeness (QED) is 0.696. The molecule has 2 aromatic carbocycles. The van der Waals surface area contributed by atoms with Crippen LogP contribution in [0.25, 0.3) is 0 Å². The van der Waals surface area contributed by atoms with Gasteiger partial charge < -0.3 is 14.7 Å². The first-order valence-electron chi connectivity index (χ1n) is 9.61. The van der Waals surface area contributed by atoms with Crippen molar-refractivity contribution in [1.29, 1.82) is 0 Å². The third kappa shape index (κ3) is 4.97. The molecule has 2 atom stereocenters. The number of sulfonamides is 1. The number of morpholine rings is 1. The van der Waals surface area contributed by atoms with Crippen LogP contribution >= 0.6 is 0 Å². The molecule has 0 radical (unpaired) electrons. The second-order valence-electron chi connectivity index (χ2n) is 7.61. The van der Waals surface area contributed by atoms with Crippen LogP contribution in [0, 0.1) is 11.7 Å². The van der Waals surface area contributed by atoms with Crippen LogP contribution in [0.2, 0.25) is 0 Å². The summed E-state index contributed by atoms with van der Waals surface area (Å²) in [4.78, 5) is 13.7. The predicted octanol–water partition coefficient (Wildman–Crippen LogP) is 2.54. The summed E-state index contributed by atoms with van der Waals surface area (Å²) in [6, 6.07) is 10.7. The van der Waals surface area contributed by atoms with E-state index in [1.54, 1.807) is 29.2 Å². The van der Waals surface area contributed by atoms with Gasteiger partial charge in [0.05, 0.1) is 17.5 Å². The molecule has 1 amide bonds. The van der Waals surface area contributed by atoms with Crippen LogP contribution in [0.15, 0.2) is 53.4 Å². The minimum atomic E-state index is -3.93. The van der Waals surface area contributed by atoms with Gasteiger partial charge in [-0.2, -0.15) is 0 Å². The second-order valence-corrected chi connectivity index (χ2v) is 9.29. The minimum absolute atomic E-state index is 0.0815. The van der Waals surface area contributed by atoms with Crippen LogP contribution in [0.3, 0.4) is 0 Å². The average Bonchev–Trinajstić information content (AvgIpc) is 2.69. The summed E-state index contributed by atoms with van der Waals surface area (Å²) < 4.78 is 46.3. The molecule has 1 heterocycles. The first-order valence-corrected chi connectivity index (χ1v) is 11.1. The molecule has 1 aliphatic heterocycles. The molecule has 1 saturated heterocycles. The van der Waals surface area contributed by atoms with E-state index in [9.17, 15) is 22.7 Å². The number of hydrogen-bond donors (Lipinski definition) is 2. The highest BCUT2D eigenvalue weighted by molar-refractivity contribution is 7.92. The van der Waals surface area contributed by atoms with Gasteiger partial charge in [0.2, 0.25) is 5.91 Å². The molecule has 1 fully saturated rings. The van der Waals surface area contributed by atoms with Crippen LogP contribution in [0.1, 0.15) is 25.5 Å². The number of nitrogens with zero attached hydrogens (tertiary/aromatic N) is 1.